The minimum atomic E-state index is -0.322. The van der Waals surface area contributed by atoms with Gasteiger partial charge in [0.1, 0.15) is 11.4 Å². The second-order valence-corrected chi connectivity index (χ2v) is 5.99. The van der Waals surface area contributed by atoms with Gasteiger partial charge in [-0.2, -0.15) is 4.98 Å². The maximum atomic E-state index is 12.4. The van der Waals surface area contributed by atoms with Gasteiger partial charge in [-0.15, -0.1) is 0 Å². The molecule has 1 saturated heterocycles. The Kier molecular flexibility index (Phi) is 4.07. The predicted molar refractivity (Wildman–Crippen MR) is 84.3 cm³/mol. The lowest BCUT2D eigenvalue weighted by molar-refractivity contribution is 0.385. The van der Waals surface area contributed by atoms with Crippen molar-refractivity contribution in [2.45, 2.75) is 25.3 Å². The van der Waals surface area contributed by atoms with Crippen molar-refractivity contribution in [3.05, 3.63) is 44.9 Å². The molecule has 0 bridgehead atoms. The minimum Gasteiger partial charge on any atom is -0.493 e. The van der Waals surface area contributed by atoms with Crippen LogP contribution in [-0.4, -0.2) is 21.6 Å². The molecule has 0 radical (unpaired) electrons. The third kappa shape index (κ3) is 2.87. The molecule has 1 unspecified atom stereocenters. The van der Waals surface area contributed by atoms with Crippen LogP contribution < -0.4 is 10.9 Å². The number of nitrogens with one attached hydrogen (secondary N) is 2. The van der Waals surface area contributed by atoms with Crippen LogP contribution in [0.3, 0.4) is 0 Å². The summed E-state index contributed by atoms with van der Waals surface area (Å²) in [5, 5.41) is 13.5. The van der Waals surface area contributed by atoms with Crippen molar-refractivity contribution < 1.29 is 5.11 Å². The third-order valence-electron chi connectivity index (χ3n) is 3.70. The molecule has 3 N–H and O–H groups in total. The summed E-state index contributed by atoms with van der Waals surface area (Å²) in [7, 11) is 0. The fourth-order valence-corrected chi connectivity index (χ4v) is 3.12. The van der Waals surface area contributed by atoms with Crippen LogP contribution in [0.2, 0.25) is 0 Å². The van der Waals surface area contributed by atoms with E-state index >= 15 is 0 Å². The number of piperidine rings is 1. The number of halogens is 1. The van der Waals surface area contributed by atoms with Gasteiger partial charge >= 0.3 is 0 Å². The van der Waals surface area contributed by atoms with Crippen molar-refractivity contribution in [1.82, 2.24) is 15.3 Å². The molecule has 0 aliphatic carbocycles. The number of aromatic nitrogens is 2. The Bertz CT molecular complexity index is 708. The van der Waals surface area contributed by atoms with Crippen LogP contribution in [0.1, 0.15) is 31.1 Å². The van der Waals surface area contributed by atoms with E-state index in [0.717, 1.165) is 30.3 Å². The smallest absolute Gasteiger partial charge is 0.262 e. The zero-order valence-electron chi connectivity index (χ0n) is 11.4. The monoisotopic (exact) mass is 349 g/mol. The maximum Gasteiger partial charge on any atom is 0.262 e. The number of hydrogen-bond acceptors (Lipinski definition) is 4. The highest BCUT2D eigenvalue weighted by molar-refractivity contribution is 9.10. The van der Waals surface area contributed by atoms with Gasteiger partial charge in [0.2, 0.25) is 5.88 Å². The number of rotatable bonds is 2. The first kappa shape index (κ1) is 14.3. The molecule has 21 heavy (non-hydrogen) atoms. The lowest BCUT2D eigenvalue weighted by atomic mass is 10.0. The third-order valence-corrected chi connectivity index (χ3v) is 4.39. The molecular weight excluding hydrogens is 334 g/mol. The molecule has 1 aromatic heterocycles. The van der Waals surface area contributed by atoms with Crippen molar-refractivity contribution in [3.63, 3.8) is 0 Å². The van der Waals surface area contributed by atoms with Gasteiger partial charge < -0.3 is 15.4 Å². The first-order valence-electron chi connectivity index (χ1n) is 6.98. The highest BCUT2D eigenvalue weighted by atomic mass is 79.9. The van der Waals surface area contributed by atoms with Gasteiger partial charge in [-0.05, 0) is 25.5 Å². The van der Waals surface area contributed by atoms with E-state index in [1.807, 2.05) is 18.2 Å². The average Bonchev–Trinajstić information content (AvgIpc) is 2.49. The van der Waals surface area contributed by atoms with Crippen LogP contribution in [0, 0.1) is 0 Å². The van der Waals surface area contributed by atoms with E-state index in [0.29, 0.717) is 11.4 Å². The number of aromatic amines is 1. The zero-order valence-corrected chi connectivity index (χ0v) is 13.0. The molecule has 6 heteroatoms. The van der Waals surface area contributed by atoms with Crippen molar-refractivity contribution in [2.75, 3.05) is 6.54 Å². The lowest BCUT2D eigenvalue weighted by Crippen LogP contribution is -2.30. The molecule has 1 aliphatic heterocycles. The van der Waals surface area contributed by atoms with Crippen molar-refractivity contribution in [1.29, 1.82) is 0 Å². The van der Waals surface area contributed by atoms with Gasteiger partial charge in [0, 0.05) is 10.0 Å². The number of H-pyrrole nitrogens is 1. The first-order chi connectivity index (χ1) is 10.2. The van der Waals surface area contributed by atoms with Crippen LogP contribution in [-0.2, 0) is 0 Å². The normalized spacial score (nSPS) is 18.6. The van der Waals surface area contributed by atoms with Crippen molar-refractivity contribution in [2.24, 2.45) is 0 Å². The molecule has 3 rings (SSSR count). The fourth-order valence-electron chi connectivity index (χ4n) is 2.64. The van der Waals surface area contributed by atoms with Crippen LogP contribution in [0.15, 0.2) is 33.5 Å². The summed E-state index contributed by atoms with van der Waals surface area (Å²) in [4.78, 5) is 19.3. The molecule has 110 valence electrons. The molecular formula is C15H16BrN3O2. The number of hydrogen-bond donors (Lipinski definition) is 3. The maximum absolute atomic E-state index is 12.4. The number of nitrogens with zero attached hydrogens (tertiary/aromatic N) is 1. The fraction of sp³-hybridized carbons (Fsp3) is 0.333. The van der Waals surface area contributed by atoms with Gasteiger partial charge in [0.15, 0.2) is 0 Å². The van der Waals surface area contributed by atoms with E-state index in [-0.39, 0.29) is 23.0 Å². The molecule has 1 atom stereocenters. The molecule has 0 amide bonds. The summed E-state index contributed by atoms with van der Waals surface area (Å²) in [6, 6.07) is 7.27. The Hall–Kier alpha value is -1.66. The van der Waals surface area contributed by atoms with Crippen LogP contribution in [0.25, 0.3) is 11.1 Å². The number of aromatic hydroxyl groups is 1. The molecule has 1 aliphatic rings. The predicted octanol–water partition coefficient (Wildman–Crippen LogP) is 2.72. The first-order valence-corrected chi connectivity index (χ1v) is 7.77. The van der Waals surface area contributed by atoms with E-state index in [4.69, 9.17) is 0 Å². The zero-order chi connectivity index (χ0) is 14.8. The Morgan fingerprint density at radius 1 is 1.29 bits per heavy atom. The Labute approximate surface area is 130 Å². The average molecular weight is 350 g/mol. The topological polar surface area (TPSA) is 78.0 Å². The molecule has 2 heterocycles. The highest BCUT2D eigenvalue weighted by Gasteiger charge is 2.21. The van der Waals surface area contributed by atoms with E-state index < -0.39 is 0 Å². The summed E-state index contributed by atoms with van der Waals surface area (Å²) in [5.41, 5.74) is 0.505. The van der Waals surface area contributed by atoms with Crippen LogP contribution in [0.4, 0.5) is 0 Å². The number of benzene rings is 1. The second kappa shape index (κ2) is 5.99. The molecule has 0 spiro atoms. The van der Waals surface area contributed by atoms with Crippen LogP contribution >= 0.6 is 15.9 Å². The van der Waals surface area contributed by atoms with Gasteiger partial charge in [-0.25, -0.2) is 0 Å². The quantitative estimate of drug-likeness (QED) is 0.778. The Morgan fingerprint density at radius 2 is 2.10 bits per heavy atom. The van der Waals surface area contributed by atoms with Crippen molar-refractivity contribution in [3.8, 4) is 17.0 Å². The largest absolute Gasteiger partial charge is 0.493 e. The van der Waals surface area contributed by atoms with E-state index in [1.54, 1.807) is 6.07 Å². The van der Waals surface area contributed by atoms with Crippen molar-refractivity contribution >= 4 is 15.9 Å². The van der Waals surface area contributed by atoms with Gasteiger partial charge in [-0.1, -0.05) is 40.5 Å². The molecule has 1 aromatic carbocycles. The second-order valence-electron chi connectivity index (χ2n) is 5.13. The molecule has 1 fully saturated rings. The minimum absolute atomic E-state index is 0.00520. The molecule has 2 aromatic rings. The van der Waals surface area contributed by atoms with Gasteiger partial charge in [-0.3, -0.25) is 4.79 Å². The van der Waals surface area contributed by atoms with E-state index in [1.165, 1.54) is 0 Å². The summed E-state index contributed by atoms with van der Waals surface area (Å²) >= 11 is 3.39. The summed E-state index contributed by atoms with van der Waals surface area (Å²) in [6.45, 7) is 0.904. The molecule has 0 saturated carbocycles. The summed E-state index contributed by atoms with van der Waals surface area (Å²) in [5.74, 6) is 0.279. The highest BCUT2D eigenvalue weighted by Crippen LogP contribution is 2.31. The van der Waals surface area contributed by atoms with E-state index in [9.17, 15) is 9.90 Å². The van der Waals surface area contributed by atoms with Gasteiger partial charge in [0.05, 0.1) is 6.04 Å². The Balaban J connectivity index is 2.05. The Morgan fingerprint density at radius 3 is 2.76 bits per heavy atom. The summed E-state index contributed by atoms with van der Waals surface area (Å²) in [6.07, 6.45) is 3.13. The van der Waals surface area contributed by atoms with Gasteiger partial charge in [0.25, 0.3) is 5.56 Å². The van der Waals surface area contributed by atoms with E-state index in [2.05, 4.69) is 31.2 Å². The lowest BCUT2D eigenvalue weighted by Gasteiger charge is -2.22. The summed E-state index contributed by atoms with van der Waals surface area (Å²) < 4.78 is 0.746. The standard InChI is InChI=1S/C15H16BrN3O2/c16-10-6-2-1-5-9(10)12-14(20)18-13(19-15(12)21)11-7-3-4-8-17-11/h1-2,5-6,11,17H,3-4,7-8H2,(H2,18,19,20,21). The van der Waals surface area contributed by atoms with Crippen LogP contribution in [0.5, 0.6) is 5.88 Å². The SMILES string of the molecule is O=c1[nH]c(C2CCCCN2)nc(O)c1-c1ccccc1Br. The molecule has 5 nitrogen and oxygen atoms in total.